The van der Waals surface area contributed by atoms with Crippen molar-refractivity contribution in [3.63, 3.8) is 0 Å². The third-order valence-corrected chi connectivity index (χ3v) is 6.44. The Morgan fingerprint density at radius 3 is 2.36 bits per heavy atom. The number of phenols is 1. The van der Waals surface area contributed by atoms with Crippen LogP contribution >= 0.6 is 12.2 Å². The van der Waals surface area contributed by atoms with Gasteiger partial charge in [-0.1, -0.05) is 30.3 Å². The molecule has 1 fully saturated rings. The van der Waals surface area contributed by atoms with E-state index in [4.69, 9.17) is 12.2 Å². The summed E-state index contributed by atoms with van der Waals surface area (Å²) in [6.45, 7) is 3.94. The molecule has 0 bridgehead atoms. The summed E-state index contributed by atoms with van der Waals surface area (Å²) in [5.41, 5.74) is 4.71. The number of phenolic OH excluding ortho intramolecular Hbond substituents is 1. The maximum atomic E-state index is 14.7. The highest BCUT2D eigenvalue weighted by atomic mass is 32.1. The Morgan fingerprint density at radius 2 is 1.67 bits per heavy atom. The second-order valence-corrected chi connectivity index (χ2v) is 8.49. The number of benzene rings is 2. The molecule has 1 aliphatic rings. The standard InChI is InChI=1S/C26H23FN4OS/c1-16-15-18(17(2)30(16)21-11-4-3-9-19(21)27)25-24(20-10-7-8-14-28-20)29-26(33)31(25)22-12-5-6-13-23(22)32/h3-15,24-25,32H,1-2H3,(H,29,33)/t24-,25+/m1/s1. The van der Waals surface area contributed by atoms with Crippen molar-refractivity contribution in [3.05, 3.63) is 107 Å². The van der Waals surface area contributed by atoms with Crippen LogP contribution in [0.5, 0.6) is 5.75 Å². The van der Waals surface area contributed by atoms with E-state index in [9.17, 15) is 9.50 Å². The highest BCUT2D eigenvalue weighted by Gasteiger charge is 2.43. The van der Waals surface area contributed by atoms with Crippen molar-refractivity contribution in [2.45, 2.75) is 25.9 Å². The molecule has 1 aliphatic heterocycles. The van der Waals surface area contributed by atoms with Gasteiger partial charge in [0.25, 0.3) is 0 Å². The minimum absolute atomic E-state index is 0.135. The van der Waals surface area contributed by atoms with Gasteiger partial charge in [-0.05, 0) is 74.1 Å². The number of halogens is 1. The van der Waals surface area contributed by atoms with E-state index in [-0.39, 0.29) is 23.7 Å². The van der Waals surface area contributed by atoms with Crippen LogP contribution in [0.25, 0.3) is 5.69 Å². The minimum atomic E-state index is -0.299. The summed E-state index contributed by atoms with van der Waals surface area (Å²) in [4.78, 5) is 6.50. The van der Waals surface area contributed by atoms with Crippen LogP contribution in [0.1, 0.15) is 34.7 Å². The van der Waals surface area contributed by atoms with Gasteiger partial charge in [-0.2, -0.15) is 0 Å². The van der Waals surface area contributed by atoms with E-state index in [1.54, 1.807) is 30.5 Å². The number of aromatic nitrogens is 2. The van der Waals surface area contributed by atoms with Gasteiger partial charge in [0.05, 0.1) is 29.2 Å². The van der Waals surface area contributed by atoms with Crippen LogP contribution in [0.2, 0.25) is 0 Å². The van der Waals surface area contributed by atoms with E-state index in [0.717, 1.165) is 22.6 Å². The van der Waals surface area contributed by atoms with Crippen molar-refractivity contribution in [2.75, 3.05) is 4.90 Å². The Hall–Kier alpha value is -3.71. The summed E-state index contributed by atoms with van der Waals surface area (Å²) < 4.78 is 16.6. The number of rotatable bonds is 4. The molecule has 7 heteroatoms. The zero-order valence-electron chi connectivity index (χ0n) is 18.2. The third kappa shape index (κ3) is 3.54. The number of nitrogens with one attached hydrogen (secondary N) is 1. The van der Waals surface area contributed by atoms with Gasteiger partial charge in [-0.15, -0.1) is 0 Å². The molecule has 1 saturated heterocycles. The number of pyridine rings is 1. The van der Waals surface area contributed by atoms with Gasteiger partial charge in [0, 0.05) is 17.6 Å². The fraction of sp³-hybridized carbons (Fsp3) is 0.154. The second kappa shape index (κ2) is 8.33. The zero-order chi connectivity index (χ0) is 23.1. The summed E-state index contributed by atoms with van der Waals surface area (Å²) in [5.74, 6) is -0.152. The van der Waals surface area contributed by atoms with Gasteiger partial charge >= 0.3 is 0 Å². The lowest BCUT2D eigenvalue weighted by molar-refractivity contribution is 0.472. The molecule has 33 heavy (non-hydrogen) atoms. The first-order chi connectivity index (χ1) is 16.0. The molecule has 5 nitrogen and oxygen atoms in total. The molecule has 2 atom stereocenters. The monoisotopic (exact) mass is 458 g/mol. The fourth-order valence-corrected chi connectivity index (χ4v) is 5.03. The summed E-state index contributed by atoms with van der Waals surface area (Å²) in [7, 11) is 0. The number of thiocarbonyl (C=S) groups is 1. The molecule has 0 spiro atoms. The van der Waals surface area contributed by atoms with Crippen molar-refractivity contribution in [3.8, 4) is 11.4 Å². The largest absolute Gasteiger partial charge is 0.506 e. The van der Waals surface area contributed by atoms with E-state index >= 15 is 0 Å². The summed E-state index contributed by atoms with van der Waals surface area (Å²) >= 11 is 5.74. The van der Waals surface area contributed by atoms with Gasteiger partial charge in [0.2, 0.25) is 0 Å². The number of hydrogen-bond acceptors (Lipinski definition) is 3. The smallest absolute Gasteiger partial charge is 0.174 e. The van der Waals surface area contributed by atoms with Gasteiger partial charge in [-0.3, -0.25) is 4.98 Å². The summed E-state index contributed by atoms with van der Waals surface area (Å²) in [5, 5.41) is 14.5. The van der Waals surface area contributed by atoms with Crippen molar-refractivity contribution in [2.24, 2.45) is 0 Å². The molecule has 166 valence electrons. The van der Waals surface area contributed by atoms with Crippen LogP contribution in [-0.2, 0) is 0 Å². The Labute approximate surface area is 197 Å². The van der Waals surface area contributed by atoms with Gasteiger partial charge in [-0.25, -0.2) is 4.39 Å². The Balaban J connectivity index is 1.71. The van der Waals surface area contributed by atoms with E-state index in [1.807, 2.05) is 59.7 Å². The molecule has 0 aliphatic carbocycles. The first-order valence-electron chi connectivity index (χ1n) is 10.7. The lowest BCUT2D eigenvalue weighted by Crippen LogP contribution is -2.29. The van der Waals surface area contributed by atoms with E-state index in [2.05, 4.69) is 16.4 Å². The van der Waals surface area contributed by atoms with Crippen LogP contribution in [0.4, 0.5) is 10.1 Å². The molecule has 0 unspecified atom stereocenters. The van der Waals surface area contributed by atoms with Crippen molar-refractivity contribution in [1.29, 1.82) is 0 Å². The fourth-order valence-electron chi connectivity index (χ4n) is 4.69. The molecule has 2 N–H and O–H groups in total. The molecule has 5 rings (SSSR count). The molecule has 0 radical (unpaired) electrons. The molecule has 2 aromatic heterocycles. The van der Waals surface area contributed by atoms with E-state index in [1.165, 1.54) is 6.07 Å². The quantitative estimate of drug-likeness (QED) is 0.395. The molecule has 3 heterocycles. The average Bonchev–Trinajstić information content (AvgIpc) is 3.30. The maximum absolute atomic E-state index is 14.7. The van der Waals surface area contributed by atoms with Crippen LogP contribution in [0, 0.1) is 19.7 Å². The molecular formula is C26H23FN4OS. The van der Waals surface area contributed by atoms with Gasteiger partial charge in [0.15, 0.2) is 5.11 Å². The second-order valence-electron chi connectivity index (χ2n) is 8.10. The van der Waals surface area contributed by atoms with Crippen molar-refractivity contribution >= 4 is 23.0 Å². The summed E-state index contributed by atoms with van der Waals surface area (Å²) in [6.07, 6.45) is 1.75. The molecular weight excluding hydrogens is 435 g/mol. The predicted molar refractivity (Wildman–Crippen MR) is 131 cm³/mol. The van der Waals surface area contributed by atoms with E-state index in [0.29, 0.717) is 16.5 Å². The van der Waals surface area contributed by atoms with Crippen LogP contribution in [-0.4, -0.2) is 19.8 Å². The number of para-hydroxylation sites is 3. The van der Waals surface area contributed by atoms with Crippen LogP contribution in [0.3, 0.4) is 0 Å². The van der Waals surface area contributed by atoms with Gasteiger partial charge in [0.1, 0.15) is 11.6 Å². The average molecular weight is 459 g/mol. The van der Waals surface area contributed by atoms with Crippen LogP contribution < -0.4 is 10.2 Å². The predicted octanol–water partition coefficient (Wildman–Crippen LogP) is 5.51. The number of hydrogen-bond donors (Lipinski definition) is 2. The Morgan fingerprint density at radius 1 is 0.970 bits per heavy atom. The number of aromatic hydroxyl groups is 1. The van der Waals surface area contributed by atoms with Crippen LogP contribution in [0.15, 0.2) is 79.0 Å². The minimum Gasteiger partial charge on any atom is -0.506 e. The maximum Gasteiger partial charge on any atom is 0.174 e. The molecule has 4 aromatic rings. The Bertz CT molecular complexity index is 1340. The number of anilines is 1. The topological polar surface area (TPSA) is 53.3 Å². The third-order valence-electron chi connectivity index (χ3n) is 6.12. The molecule has 0 amide bonds. The first kappa shape index (κ1) is 21.2. The van der Waals surface area contributed by atoms with E-state index < -0.39 is 0 Å². The van der Waals surface area contributed by atoms with Crippen molar-refractivity contribution < 1.29 is 9.50 Å². The number of aryl methyl sites for hydroxylation is 1. The lowest BCUT2D eigenvalue weighted by Gasteiger charge is -2.28. The highest BCUT2D eigenvalue weighted by Crippen LogP contribution is 2.45. The first-order valence-corrected chi connectivity index (χ1v) is 11.1. The normalized spacial score (nSPS) is 17.9. The number of nitrogens with zero attached hydrogens (tertiary/aromatic N) is 3. The molecule has 2 aromatic carbocycles. The Kier molecular flexibility index (Phi) is 5.34. The van der Waals surface area contributed by atoms with Crippen molar-refractivity contribution in [1.82, 2.24) is 14.9 Å². The summed E-state index contributed by atoms with van der Waals surface area (Å²) in [6, 6.07) is 21.2. The van der Waals surface area contributed by atoms with Gasteiger partial charge < -0.3 is 19.9 Å². The highest BCUT2D eigenvalue weighted by molar-refractivity contribution is 7.80. The molecule has 0 saturated carbocycles. The SMILES string of the molecule is Cc1cc([C@H]2[C@@H](c3ccccn3)NC(=S)N2c2ccccc2O)c(C)n1-c1ccccc1F. The zero-order valence-corrected chi connectivity index (χ0v) is 19.1. The lowest BCUT2D eigenvalue weighted by atomic mass is 9.96.